The SMILES string of the molecule is COc1ccc(C(=O)CSc2nc(Nc3ccc(S(N)(=O)=O)cc3)cc(-c3ccccc3)n2)cc1. The summed E-state index contributed by atoms with van der Waals surface area (Å²) in [5.74, 6) is 1.29. The maximum atomic E-state index is 12.7. The molecule has 0 radical (unpaired) electrons. The first-order valence-electron chi connectivity index (χ1n) is 10.5. The van der Waals surface area contributed by atoms with Gasteiger partial charge in [0.1, 0.15) is 11.6 Å². The van der Waals surface area contributed by atoms with Crippen molar-refractivity contribution < 1.29 is 17.9 Å². The van der Waals surface area contributed by atoms with Crippen molar-refractivity contribution in [1.82, 2.24) is 9.97 Å². The number of anilines is 2. The van der Waals surface area contributed by atoms with E-state index < -0.39 is 10.0 Å². The van der Waals surface area contributed by atoms with Crippen molar-refractivity contribution in [3.05, 3.63) is 90.5 Å². The number of rotatable bonds is 9. The molecule has 0 fully saturated rings. The Morgan fingerprint density at radius 2 is 1.66 bits per heavy atom. The van der Waals surface area contributed by atoms with E-state index in [4.69, 9.17) is 9.88 Å². The predicted molar refractivity (Wildman–Crippen MR) is 137 cm³/mol. The lowest BCUT2D eigenvalue weighted by molar-refractivity contribution is 0.102. The Bertz CT molecular complexity index is 1430. The van der Waals surface area contributed by atoms with Gasteiger partial charge in [-0.1, -0.05) is 42.1 Å². The first-order valence-corrected chi connectivity index (χ1v) is 13.0. The molecule has 1 aromatic heterocycles. The minimum atomic E-state index is -3.78. The number of nitrogens with two attached hydrogens (primary N) is 1. The van der Waals surface area contributed by atoms with Crippen molar-refractivity contribution in [2.75, 3.05) is 18.2 Å². The van der Waals surface area contributed by atoms with Crippen molar-refractivity contribution in [2.45, 2.75) is 10.1 Å². The number of benzene rings is 3. The monoisotopic (exact) mass is 506 g/mol. The first-order chi connectivity index (χ1) is 16.8. The summed E-state index contributed by atoms with van der Waals surface area (Å²) in [6.45, 7) is 0. The van der Waals surface area contributed by atoms with Gasteiger partial charge in [0.2, 0.25) is 10.0 Å². The Balaban J connectivity index is 1.57. The zero-order chi connectivity index (χ0) is 24.8. The smallest absolute Gasteiger partial charge is 0.238 e. The molecule has 1 heterocycles. The first kappa shape index (κ1) is 24.4. The van der Waals surface area contributed by atoms with Crippen molar-refractivity contribution in [2.24, 2.45) is 5.14 Å². The standard InChI is InChI=1S/C25H22N4O4S2/c1-33-20-11-7-18(8-12-20)23(30)16-34-25-28-22(17-5-3-2-4-6-17)15-24(29-25)27-19-9-13-21(14-10-19)35(26,31)32/h2-15H,16H2,1H3,(H2,26,31,32)(H,27,28,29). The number of hydrogen-bond acceptors (Lipinski definition) is 8. The Morgan fingerprint density at radius 1 is 0.971 bits per heavy atom. The van der Waals surface area contributed by atoms with Crippen LogP contribution in [0.5, 0.6) is 5.75 Å². The van der Waals surface area contributed by atoms with Crippen molar-refractivity contribution in [1.29, 1.82) is 0 Å². The molecule has 4 rings (SSSR count). The predicted octanol–water partition coefficient (Wildman–Crippen LogP) is 4.52. The molecule has 8 nitrogen and oxygen atoms in total. The van der Waals surface area contributed by atoms with Crippen molar-refractivity contribution >= 4 is 39.1 Å². The molecular formula is C25H22N4O4S2. The van der Waals surface area contributed by atoms with Crippen LogP contribution >= 0.6 is 11.8 Å². The summed E-state index contributed by atoms with van der Waals surface area (Å²) in [5, 5.41) is 8.77. The fourth-order valence-corrected chi connectivity index (χ4v) is 4.44. The van der Waals surface area contributed by atoms with Gasteiger partial charge in [-0.15, -0.1) is 0 Å². The van der Waals surface area contributed by atoms with E-state index in [0.717, 1.165) is 5.56 Å². The molecule has 0 saturated heterocycles. The number of sulfonamides is 1. The highest BCUT2D eigenvalue weighted by Crippen LogP contribution is 2.26. The number of ether oxygens (including phenoxy) is 1. The Labute approximate surface area is 207 Å². The highest BCUT2D eigenvalue weighted by Gasteiger charge is 2.13. The maximum Gasteiger partial charge on any atom is 0.238 e. The van der Waals surface area contributed by atoms with Crippen molar-refractivity contribution in [3.63, 3.8) is 0 Å². The van der Waals surface area contributed by atoms with Gasteiger partial charge in [-0.3, -0.25) is 4.79 Å². The average molecular weight is 507 g/mol. The fraction of sp³-hybridized carbons (Fsp3) is 0.0800. The summed E-state index contributed by atoms with van der Waals surface area (Å²) < 4.78 is 28.2. The molecule has 3 aromatic carbocycles. The summed E-state index contributed by atoms with van der Waals surface area (Å²) in [7, 11) is -2.21. The van der Waals surface area contributed by atoms with E-state index in [2.05, 4.69) is 15.3 Å². The number of Topliss-reactive ketones (excluding diaryl/α,β-unsaturated/α-hetero) is 1. The van der Waals surface area contributed by atoms with Crippen LogP contribution in [-0.2, 0) is 10.0 Å². The molecule has 3 N–H and O–H groups in total. The van der Waals surface area contributed by atoms with Crippen LogP contribution in [0.25, 0.3) is 11.3 Å². The topological polar surface area (TPSA) is 124 Å². The van der Waals surface area contributed by atoms with Crippen LogP contribution < -0.4 is 15.2 Å². The van der Waals surface area contributed by atoms with Gasteiger partial charge in [0.05, 0.1) is 23.5 Å². The molecule has 0 bridgehead atoms. The largest absolute Gasteiger partial charge is 0.497 e. The van der Waals surface area contributed by atoms with Gasteiger partial charge < -0.3 is 10.1 Å². The van der Waals surface area contributed by atoms with Crippen LogP contribution in [0.3, 0.4) is 0 Å². The second-order valence-electron chi connectivity index (χ2n) is 7.42. The number of nitrogens with one attached hydrogen (secondary N) is 1. The van der Waals surface area contributed by atoms with Crippen molar-refractivity contribution in [3.8, 4) is 17.0 Å². The summed E-state index contributed by atoms with van der Waals surface area (Å²) in [4.78, 5) is 21.9. The number of methoxy groups -OCH3 is 1. The van der Waals surface area contributed by atoms with Crippen LogP contribution in [0, 0.1) is 0 Å². The molecule has 0 aliphatic heterocycles. The molecule has 10 heteroatoms. The Kier molecular flexibility index (Phi) is 7.45. The minimum absolute atomic E-state index is 0.0176. The number of nitrogens with zero attached hydrogens (tertiary/aromatic N) is 2. The minimum Gasteiger partial charge on any atom is -0.497 e. The number of ketones is 1. The third kappa shape index (κ3) is 6.44. The van der Waals surface area contributed by atoms with E-state index in [1.165, 1.54) is 23.9 Å². The normalized spacial score (nSPS) is 11.1. The van der Waals surface area contributed by atoms with E-state index in [0.29, 0.717) is 33.7 Å². The summed E-state index contributed by atoms with van der Waals surface area (Å²) in [6, 6.07) is 24.4. The molecule has 0 saturated carbocycles. The Hall–Kier alpha value is -3.73. The second kappa shape index (κ2) is 10.7. The highest BCUT2D eigenvalue weighted by molar-refractivity contribution is 7.99. The average Bonchev–Trinajstić information content (AvgIpc) is 2.87. The summed E-state index contributed by atoms with van der Waals surface area (Å²) in [5.41, 5.74) is 2.78. The molecule has 0 spiro atoms. The number of carbonyl (C=O) groups is 1. The van der Waals surface area contributed by atoms with E-state index in [1.54, 1.807) is 49.6 Å². The summed E-state index contributed by atoms with van der Waals surface area (Å²) >= 11 is 1.23. The maximum absolute atomic E-state index is 12.7. The van der Waals surface area contributed by atoms with Gasteiger partial charge in [-0.05, 0) is 48.5 Å². The molecule has 4 aromatic rings. The molecule has 0 aliphatic carbocycles. The number of aromatic nitrogens is 2. The molecule has 178 valence electrons. The molecular weight excluding hydrogens is 484 g/mol. The Morgan fingerprint density at radius 3 is 2.29 bits per heavy atom. The fourth-order valence-electron chi connectivity index (χ4n) is 3.18. The van der Waals surface area contributed by atoms with Gasteiger partial charge in [-0.25, -0.2) is 23.5 Å². The third-order valence-electron chi connectivity index (χ3n) is 4.97. The molecule has 0 atom stereocenters. The van der Waals surface area contributed by atoms with Gasteiger partial charge in [0, 0.05) is 22.9 Å². The quantitative estimate of drug-likeness (QED) is 0.193. The lowest BCUT2D eigenvalue weighted by Crippen LogP contribution is -2.11. The molecule has 0 amide bonds. The van der Waals surface area contributed by atoms with Crippen LogP contribution in [0.4, 0.5) is 11.5 Å². The van der Waals surface area contributed by atoms with Crippen LogP contribution in [0.1, 0.15) is 10.4 Å². The van der Waals surface area contributed by atoms with E-state index in [1.807, 2.05) is 30.3 Å². The van der Waals surface area contributed by atoms with E-state index in [9.17, 15) is 13.2 Å². The number of carbonyl (C=O) groups excluding carboxylic acids is 1. The van der Waals surface area contributed by atoms with Crippen LogP contribution in [-0.4, -0.2) is 37.0 Å². The van der Waals surface area contributed by atoms with Gasteiger partial charge in [0.15, 0.2) is 10.9 Å². The zero-order valence-electron chi connectivity index (χ0n) is 18.7. The van der Waals surface area contributed by atoms with Gasteiger partial charge in [-0.2, -0.15) is 0 Å². The molecule has 35 heavy (non-hydrogen) atoms. The number of primary sulfonamides is 1. The highest BCUT2D eigenvalue weighted by atomic mass is 32.2. The van der Waals surface area contributed by atoms with E-state index >= 15 is 0 Å². The lowest BCUT2D eigenvalue weighted by Gasteiger charge is -2.11. The van der Waals surface area contributed by atoms with Gasteiger partial charge in [0.25, 0.3) is 0 Å². The lowest BCUT2D eigenvalue weighted by atomic mass is 10.1. The zero-order valence-corrected chi connectivity index (χ0v) is 20.3. The number of hydrogen-bond donors (Lipinski definition) is 2. The van der Waals surface area contributed by atoms with Crippen LogP contribution in [0.2, 0.25) is 0 Å². The summed E-state index contributed by atoms with van der Waals surface area (Å²) in [6.07, 6.45) is 0. The third-order valence-corrected chi connectivity index (χ3v) is 6.75. The second-order valence-corrected chi connectivity index (χ2v) is 9.93. The molecule has 0 unspecified atom stereocenters. The van der Waals surface area contributed by atoms with Crippen LogP contribution in [0.15, 0.2) is 95.0 Å². The molecule has 0 aliphatic rings. The van der Waals surface area contributed by atoms with Gasteiger partial charge >= 0.3 is 0 Å². The van der Waals surface area contributed by atoms with E-state index in [-0.39, 0.29) is 16.4 Å². The number of thioether (sulfide) groups is 1.